The molecule has 0 aromatic heterocycles. The van der Waals surface area contributed by atoms with Crippen molar-refractivity contribution in [2.24, 2.45) is 11.7 Å². The van der Waals surface area contributed by atoms with Crippen LogP contribution in [0.3, 0.4) is 0 Å². The number of hydrogen-bond acceptors (Lipinski definition) is 2. The summed E-state index contributed by atoms with van der Waals surface area (Å²) in [4.78, 5) is 12.0. The van der Waals surface area contributed by atoms with Crippen LogP contribution in [0.5, 0.6) is 0 Å². The molecule has 0 aromatic carbocycles. The normalized spacial score (nSPS) is 29.1. The van der Waals surface area contributed by atoms with Crippen molar-refractivity contribution in [3.05, 3.63) is 0 Å². The summed E-state index contributed by atoms with van der Waals surface area (Å²) in [5.74, 6) is 0.917. The summed E-state index contributed by atoms with van der Waals surface area (Å²) in [5.41, 5.74) is 5.88. The van der Waals surface area contributed by atoms with Crippen LogP contribution in [-0.4, -0.2) is 18.0 Å². The summed E-state index contributed by atoms with van der Waals surface area (Å²) in [7, 11) is 0. The fourth-order valence-electron chi connectivity index (χ4n) is 3.38. The van der Waals surface area contributed by atoms with Crippen molar-refractivity contribution in [2.45, 2.75) is 82.7 Å². The van der Waals surface area contributed by atoms with Crippen LogP contribution in [0.1, 0.15) is 70.6 Å². The molecular weight excluding hydrogens is 260 g/mol. The molecule has 0 saturated heterocycles. The summed E-state index contributed by atoms with van der Waals surface area (Å²) >= 11 is 0. The molecule has 0 unspecified atom stereocenters. The molecule has 0 heterocycles. The van der Waals surface area contributed by atoms with E-state index in [1.807, 2.05) is 0 Å². The van der Waals surface area contributed by atoms with E-state index in [1.165, 1.54) is 38.5 Å². The van der Waals surface area contributed by atoms with Crippen molar-refractivity contribution < 1.29 is 4.79 Å². The molecule has 0 atom stereocenters. The predicted molar refractivity (Wildman–Crippen MR) is 81.4 cm³/mol. The van der Waals surface area contributed by atoms with E-state index in [1.54, 1.807) is 0 Å². The molecule has 3 N–H and O–H groups in total. The summed E-state index contributed by atoms with van der Waals surface area (Å²) in [6, 6.07) is 0.753. The van der Waals surface area contributed by atoms with E-state index in [-0.39, 0.29) is 18.3 Å². The zero-order chi connectivity index (χ0) is 12.8. The van der Waals surface area contributed by atoms with Crippen molar-refractivity contribution in [2.75, 3.05) is 0 Å². The summed E-state index contributed by atoms with van der Waals surface area (Å²) in [6.45, 7) is 0. The molecular formula is C15H29ClN2O. The fourth-order valence-corrected chi connectivity index (χ4v) is 3.38. The summed E-state index contributed by atoms with van der Waals surface area (Å²) in [6.07, 6.45) is 12.9. The fraction of sp³-hybridized carbons (Fsp3) is 0.933. The Labute approximate surface area is 123 Å². The lowest BCUT2D eigenvalue weighted by atomic mass is 9.91. The van der Waals surface area contributed by atoms with Crippen molar-refractivity contribution in [1.82, 2.24) is 5.32 Å². The van der Waals surface area contributed by atoms with Crippen LogP contribution >= 0.6 is 12.4 Å². The second-order valence-electron chi connectivity index (χ2n) is 6.24. The molecule has 1 amide bonds. The number of nitrogens with two attached hydrogens (primary N) is 1. The monoisotopic (exact) mass is 288 g/mol. The maximum atomic E-state index is 12.0. The molecule has 2 fully saturated rings. The van der Waals surface area contributed by atoms with E-state index in [0.29, 0.717) is 18.0 Å². The molecule has 2 aliphatic carbocycles. The third-order valence-electron chi connectivity index (χ3n) is 4.59. The molecule has 0 bridgehead atoms. The Morgan fingerprint density at radius 3 is 2.11 bits per heavy atom. The SMILES string of the molecule is Cl.NC1CCC(NC(=O)CC2CCCCCC2)CC1. The first-order valence-electron chi connectivity index (χ1n) is 7.79. The third kappa shape index (κ3) is 6.13. The Bertz CT molecular complexity index is 257. The van der Waals surface area contributed by atoms with Crippen LogP contribution in [-0.2, 0) is 4.79 Å². The number of halogens is 1. The van der Waals surface area contributed by atoms with E-state index in [4.69, 9.17) is 5.73 Å². The quantitative estimate of drug-likeness (QED) is 0.784. The number of amides is 1. The maximum Gasteiger partial charge on any atom is 0.220 e. The summed E-state index contributed by atoms with van der Waals surface area (Å²) < 4.78 is 0. The van der Waals surface area contributed by atoms with Gasteiger partial charge in [-0.3, -0.25) is 4.79 Å². The van der Waals surface area contributed by atoms with Gasteiger partial charge in [0.2, 0.25) is 5.91 Å². The van der Waals surface area contributed by atoms with E-state index >= 15 is 0 Å². The van der Waals surface area contributed by atoms with Gasteiger partial charge in [0.05, 0.1) is 0 Å². The van der Waals surface area contributed by atoms with Gasteiger partial charge in [-0.2, -0.15) is 0 Å². The lowest BCUT2D eigenvalue weighted by Gasteiger charge is -2.27. The van der Waals surface area contributed by atoms with Crippen LogP contribution in [0.25, 0.3) is 0 Å². The number of carbonyl (C=O) groups excluding carboxylic acids is 1. The zero-order valence-electron chi connectivity index (χ0n) is 11.9. The average molecular weight is 289 g/mol. The maximum absolute atomic E-state index is 12.0. The smallest absolute Gasteiger partial charge is 0.220 e. The van der Waals surface area contributed by atoms with E-state index < -0.39 is 0 Å². The van der Waals surface area contributed by atoms with E-state index in [9.17, 15) is 4.79 Å². The Morgan fingerprint density at radius 2 is 1.53 bits per heavy atom. The van der Waals surface area contributed by atoms with Gasteiger partial charge in [0.1, 0.15) is 0 Å². The Balaban J connectivity index is 0.00000180. The van der Waals surface area contributed by atoms with Gasteiger partial charge in [0.25, 0.3) is 0 Å². The number of nitrogens with one attached hydrogen (secondary N) is 1. The lowest BCUT2D eigenvalue weighted by molar-refractivity contribution is -0.123. The van der Waals surface area contributed by atoms with Crippen molar-refractivity contribution >= 4 is 18.3 Å². The first-order valence-corrected chi connectivity index (χ1v) is 7.79. The topological polar surface area (TPSA) is 55.1 Å². The van der Waals surface area contributed by atoms with Gasteiger partial charge in [-0.1, -0.05) is 25.7 Å². The first-order chi connectivity index (χ1) is 8.74. The molecule has 0 spiro atoms. The Kier molecular flexibility index (Phi) is 7.77. The highest BCUT2D eigenvalue weighted by Gasteiger charge is 2.22. The van der Waals surface area contributed by atoms with Crippen LogP contribution in [0.4, 0.5) is 0 Å². The number of rotatable bonds is 3. The molecule has 112 valence electrons. The number of hydrogen-bond donors (Lipinski definition) is 2. The molecule has 4 heteroatoms. The van der Waals surface area contributed by atoms with Crippen molar-refractivity contribution in [3.63, 3.8) is 0 Å². The highest BCUT2D eigenvalue weighted by Crippen LogP contribution is 2.25. The Morgan fingerprint density at radius 1 is 0.947 bits per heavy atom. The highest BCUT2D eigenvalue weighted by molar-refractivity contribution is 5.85. The summed E-state index contributed by atoms with van der Waals surface area (Å²) in [5, 5.41) is 3.21. The van der Waals surface area contributed by atoms with Gasteiger partial charge in [-0.25, -0.2) is 0 Å². The van der Waals surface area contributed by atoms with Gasteiger partial charge in [0, 0.05) is 18.5 Å². The average Bonchev–Trinajstić information content (AvgIpc) is 2.61. The second-order valence-corrected chi connectivity index (χ2v) is 6.24. The molecule has 19 heavy (non-hydrogen) atoms. The van der Waals surface area contributed by atoms with Crippen LogP contribution in [0, 0.1) is 5.92 Å². The third-order valence-corrected chi connectivity index (χ3v) is 4.59. The minimum Gasteiger partial charge on any atom is -0.353 e. The van der Waals surface area contributed by atoms with Gasteiger partial charge >= 0.3 is 0 Å². The molecule has 0 aromatic rings. The Hall–Kier alpha value is -0.280. The van der Waals surface area contributed by atoms with Gasteiger partial charge in [-0.05, 0) is 44.4 Å². The predicted octanol–water partition coefficient (Wildman–Crippen LogP) is 3.15. The van der Waals surface area contributed by atoms with Crippen LogP contribution in [0.15, 0.2) is 0 Å². The van der Waals surface area contributed by atoms with Gasteiger partial charge in [0.15, 0.2) is 0 Å². The zero-order valence-corrected chi connectivity index (χ0v) is 12.7. The van der Waals surface area contributed by atoms with Crippen LogP contribution < -0.4 is 11.1 Å². The molecule has 2 aliphatic rings. The molecule has 3 nitrogen and oxygen atoms in total. The molecule has 2 rings (SSSR count). The minimum atomic E-state index is 0. The standard InChI is InChI=1S/C15H28N2O.ClH/c16-13-7-9-14(10-8-13)17-15(18)11-12-5-3-1-2-4-6-12;/h12-14H,1-11,16H2,(H,17,18);1H. The van der Waals surface area contributed by atoms with E-state index in [0.717, 1.165) is 32.1 Å². The highest BCUT2D eigenvalue weighted by atomic mass is 35.5. The van der Waals surface area contributed by atoms with Crippen LogP contribution in [0.2, 0.25) is 0 Å². The first kappa shape index (κ1) is 16.8. The second kappa shape index (κ2) is 8.80. The van der Waals surface area contributed by atoms with Crippen molar-refractivity contribution in [3.8, 4) is 0 Å². The largest absolute Gasteiger partial charge is 0.353 e. The molecule has 2 saturated carbocycles. The van der Waals surface area contributed by atoms with Gasteiger partial charge < -0.3 is 11.1 Å². The minimum absolute atomic E-state index is 0. The van der Waals surface area contributed by atoms with Gasteiger partial charge in [-0.15, -0.1) is 12.4 Å². The molecule has 0 radical (unpaired) electrons. The number of carbonyl (C=O) groups is 1. The van der Waals surface area contributed by atoms with E-state index in [2.05, 4.69) is 5.32 Å². The van der Waals surface area contributed by atoms with Crippen molar-refractivity contribution in [1.29, 1.82) is 0 Å². The lowest BCUT2D eigenvalue weighted by Crippen LogP contribution is -2.40. The molecule has 0 aliphatic heterocycles.